The number of rotatable bonds is 7. The number of hydrogen-bond acceptors (Lipinski definition) is 4. The van der Waals surface area contributed by atoms with Gasteiger partial charge in [0, 0.05) is 37.4 Å². The van der Waals surface area contributed by atoms with E-state index in [4.69, 9.17) is 4.74 Å². The zero-order valence-electron chi connectivity index (χ0n) is 17.9. The molecule has 1 aliphatic carbocycles. The molecular formula is C22H34FN5O2. The van der Waals surface area contributed by atoms with Crippen LogP contribution in [-0.2, 0) is 9.53 Å². The summed E-state index contributed by atoms with van der Waals surface area (Å²) in [7, 11) is 0. The molecule has 1 aromatic carbocycles. The normalized spacial score (nSPS) is 19.9. The Hall–Kier alpha value is -2.19. The van der Waals surface area contributed by atoms with Crippen molar-refractivity contribution in [1.82, 2.24) is 15.5 Å². The Morgan fingerprint density at radius 2 is 1.83 bits per heavy atom. The number of carbonyl (C=O) groups is 1. The fourth-order valence-corrected chi connectivity index (χ4v) is 4.33. The number of carbonyl (C=O) groups excluding carboxylic acids is 1. The maximum atomic E-state index is 13.0. The van der Waals surface area contributed by atoms with Gasteiger partial charge in [-0.05, 0) is 44.0 Å². The van der Waals surface area contributed by atoms with Crippen LogP contribution < -0.4 is 16.0 Å². The second kappa shape index (κ2) is 11.3. The van der Waals surface area contributed by atoms with E-state index in [1.807, 2.05) is 6.92 Å². The van der Waals surface area contributed by atoms with Crippen LogP contribution >= 0.6 is 0 Å². The Balaban J connectivity index is 1.58. The van der Waals surface area contributed by atoms with Gasteiger partial charge in [-0.1, -0.05) is 19.3 Å². The topological polar surface area (TPSA) is 78.0 Å². The highest BCUT2D eigenvalue weighted by Crippen LogP contribution is 2.33. The third-order valence-electron chi connectivity index (χ3n) is 5.90. The van der Waals surface area contributed by atoms with E-state index in [1.165, 1.54) is 56.4 Å². The second-order valence-electron chi connectivity index (χ2n) is 7.99. The summed E-state index contributed by atoms with van der Waals surface area (Å²) < 4.78 is 18.6. The predicted octanol–water partition coefficient (Wildman–Crippen LogP) is 2.35. The number of anilines is 1. The summed E-state index contributed by atoms with van der Waals surface area (Å²) >= 11 is 0. The number of nitrogens with one attached hydrogen (secondary N) is 3. The second-order valence-corrected chi connectivity index (χ2v) is 7.99. The predicted molar refractivity (Wildman–Crippen MR) is 117 cm³/mol. The summed E-state index contributed by atoms with van der Waals surface area (Å²) in [5.41, 5.74) is 0.678. The molecule has 0 bridgehead atoms. The Morgan fingerprint density at radius 1 is 1.13 bits per heavy atom. The average Bonchev–Trinajstić information content (AvgIpc) is 2.78. The maximum absolute atomic E-state index is 13.0. The quantitative estimate of drug-likeness (QED) is 0.467. The van der Waals surface area contributed by atoms with Crippen LogP contribution in [0.15, 0.2) is 29.3 Å². The lowest BCUT2D eigenvalue weighted by atomic mass is 9.80. The molecule has 1 aliphatic heterocycles. The number of benzene rings is 1. The number of hydrogen-bond donors (Lipinski definition) is 3. The molecule has 1 saturated heterocycles. The number of aliphatic imine (C=N–C) groups is 1. The van der Waals surface area contributed by atoms with E-state index >= 15 is 0 Å². The SMILES string of the molecule is CCNC(=NCC(=O)Nc1ccc(F)cc1)NCC1(N2CCOCC2)CCCCC1. The van der Waals surface area contributed by atoms with Gasteiger partial charge in [0.1, 0.15) is 12.4 Å². The smallest absolute Gasteiger partial charge is 0.246 e. The first-order chi connectivity index (χ1) is 14.6. The van der Waals surface area contributed by atoms with Crippen molar-refractivity contribution in [3.05, 3.63) is 30.1 Å². The molecule has 8 heteroatoms. The molecule has 1 amide bonds. The Morgan fingerprint density at radius 3 is 2.50 bits per heavy atom. The van der Waals surface area contributed by atoms with Crippen molar-refractivity contribution in [3.63, 3.8) is 0 Å². The van der Waals surface area contributed by atoms with Gasteiger partial charge < -0.3 is 20.7 Å². The molecule has 30 heavy (non-hydrogen) atoms. The zero-order valence-corrected chi connectivity index (χ0v) is 17.9. The Bertz CT molecular complexity index is 698. The van der Waals surface area contributed by atoms with Crippen LogP contribution in [0, 0.1) is 5.82 Å². The standard InChI is InChI=1S/C22H34FN5O2/c1-2-24-21(25-16-20(29)27-19-8-6-18(23)7-9-19)26-17-22(10-4-3-5-11-22)28-12-14-30-15-13-28/h6-9H,2-5,10-17H2,1H3,(H,27,29)(H2,24,25,26). The van der Waals surface area contributed by atoms with E-state index in [9.17, 15) is 9.18 Å². The molecule has 2 fully saturated rings. The Labute approximate surface area is 178 Å². The fourth-order valence-electron chi connectivity index (χ4n) is 4.33. The molecule has 166 valence electrons. The lowest BCUT2D eigenvalue weighted by Crippen LogP contribution is -2.60. The van der Waals surface area contributed by atoms with E-state index in [-0.39, 0.29) is 23.8 Å². The minimum absolute atomic E-state index is 0.00271. The monoisotopic (exact) mass is 419 g/mol. The number of ether oxygens (including phenoxy) is 1. The van der Waals surface area contributed by atoms with E-state index in [0.717, 1.165) is 39.4 Å². The molecular weight excluding hydrogens is 385 g/mol. The first kappa shape index (κ1) is 22.5. The van der Waals surface area contributed by atoms with Gasteiger partial charge in [-0.25, -0.2) is 9.38 Å². The molecule has 3 N–H and O–H groups in total. The van der Waals surface area contributed by atoms with Crippen molar-refractivity contribution in [1.29, 1.82) is 0 Å². The van der Waals surface area contributed by atoms with Crippen LogP contribution in [0.1, 0.15) is 39.0 Å². The molecule has 0 unspecified atom stereocenters. The number of amides is 1. The van der Waals surface area contributed by atoms with Crippen LogP contribution in [-0.4, -0.2) is 68.2 Å². The third kappa shape index (κ3) is 6.40. The molecule has 0 radical (unpaired) electrons. The molecule has 0 spiro atoms. The van der Waals surface area contributed by atoms with Crippen LogP contribution in [0.3, 0.4) is 0 Å². The molecule has 0 aromatic heterocycles. The largest absolute Gasteiger partial charge is 0.379 e. The van der Waals surface area contributed by atoms with Crippen LogP contribution in [0.2, 0.25) is 0 Å². The lowest BCUT2D eigenvalue weighted by Gasteiger charge is -2.48. The minimum Gasteiger partial charge on any atom is -0.379 e. The summed E-state index contributed by atoms with van der Waals surface area (Å²) in [4.78, 5) is 19.3. The number of halogens is 1. The van der Waals surface area contributed by atoms with Gasteiger partial charge in [-0.2, -0.15) is 0 Å². The van der Waals surface area contributed by atoms with Crippen molar-refractivity contribution < 1.29 is 13.9 Å². The summed E-state index contributed by atoms with van der Waals surface area (Å²) in [6, 6.07) is 5.71. The van der Waals surface area contributed by atoms with E-state index < -0.39 is 0 Å². The minimum atomic E-state index is -0.332. The maximum Gasteiger partial charge on any atom is 0.246 e. The van der Waals surface area contributed by atoms with Gasteiger partial charge >= 0.3 is 0 Å². The molecule has 1 heterocycles. The van der Waals surface area contributed by atoms with E-state index in [0.29, 0.717) is 11.6 Å². The molecule has 1 aromatic rings. The number of nitrogens with zero attached hydrogens (tertiary/aromatic N) is 2. The highest BCUT2D eigenvalue weighted by atomic mass is 19.1. The number of guanidine groups is 1. The van der Waals surface area contributed by atoms with E-state index in [2.05, 4.69) is 25.8 Å². The average molecular weight is 420 g/mol. The summed E-state index contributed by atoms with van der Waals surface area (Å²) in [6.07, 6.45) is 6.12. The summed E-state index contributed by atoms with van der Waals surface area (Å²) in [5.74, 6) is 0.0749. The molecule has 0 atom stereocenters. The van der Waals surface area contributed by atoms with Crippen LogP contribution in [0.5, 0.6) is 0 Å². The van der Waals surface area contributed by atoms with Crippen LogP contribution in [0.4, 0.5) is 10.1 Å². The molecule has 3 rings (SSSR count). The lowest BCUT2D eigenvalue weighted by molar-refractivity contribution is -0.114. The van der Waals surface area contributed by atoms with Crippen molar-refractivity contribution in [2.75, 3.05) is 51.3 Å². The first-order valence-corrected chi connectivity index (χ1v) is 11.0. The Kier molecular flexibility index (Phi) is 8.45. The van der Waals surface area contributed by atoms with Crippen molar-refractivity contribution in [2.24, 2.45) is 4.99 Å². The van der Waals surface area contributed by atoms with Gasteiger partial charge in [0.15, 0.2) is 5.96 Å². The molecule has 7 nitrogen and oxygen atoms in total. The van der Waals surface area contributed by atoms with Crippen molar-refractivity contribution in [3.8, 4) is 0 Å². The first-order valence-electron chi connectivity index (χ1n) is 11.0. The molecule has 2 aliphatic rings. The van der Waals surface area contributed by atoms with Crippen molar-refractivity contribution >= 4 is 17.6 Å². The van der Waals surface area contributed by atoms with E-state index in [1.54, 1.807) is 0 Å². The number of morpholine rings is 1. The summed E-state index contributed by atoms with van der Waals surface area (Å²) in [5, 5.41) is 9.46. The zero-order chi connectivity index (χ0) is 21.2. The highest BCUT2D eigenvalue weighted by Gasteiger charge is 2.38. The fraction of sp³-hybridized carbons (Fsp3) is 0.636. The van der Waals surface area contributed by atoms with Crippen molar-refractivity contribution in [2.45, 2.75) is 44.6 Å². The van der Waals surface area contributed by atoms with Gasteiger partial charge in [0.25, 0.3) is 0 Å². The van der Waals surface area contributed by atoms with Gasteiger partial charge in [0.2, 0.25) is 5.91 Å². The van der Waals surface area contributed by atoms with Gasteiger partial charge in [-0.3, -0.25) is 9.69 Å². The summed E-state index contributed by atoms with van der Waals surface area (Å²) in [6.45, 7) is 7.05. The molecule has 1 saturated carbocycles. The van der Waals surface area contributed by atoms with Gasteiger partial charge in [0.05, 0.1) is 13.2 Å². The highest BCUT2D eigenvalue weighted by molar-refractivity contribution is 5.94. The third-order valence-corrected chi connectivity index (χ3v) is 5.90. The van der Waals surface area contributed by atoms with Gasteiger partial charge in [-0.15, -0.1) is 0 Å². The van der Waals surface area contributed by atoms with Crippen LogP contribution in [0.25, 0.3) is 0 Å².